The number of carbonyl (C=O) groups is 1. The molecule has 0 bridgehead atoms. The topological polar surface area (TPSA) is 51.1 Å². The van der Waals surface area contributed by atoms with Gasteiger partial charge in [0.1, 0.15) is 6.54 Å². The fourth-order valence-electron chi connectivity index (χ4n) is 2.50. The Kier molecular flexibility index (Phi) is 4.31. The first kappa shape index (κ1) is 16.8. The van der Waals surface area contributed by atoms with Crippen LogP contribution in [0.2, 0.25) is 0 Å². The van der Waals surface area contributed by atoms with Crippen LogP contribution in [0.25, 0.3) is 10.9 Å². The van der Waals surface area contributed by atoms with Crippen LogP contribution in [0.1, 0.15) is 5.56 Å². The number of amides is 1. The van der Waals surface area contributed by atoms with Gasteiger partial charge in [-0.1, -0.05) is 12.1 Å². The molecule has 25 heavy (non-hydrogen) atoms. The summed E-state index contributed by atoms with van der Waals surface area (Å²) >= 11 is 0. The lowest BCUT2D eigenvalue weighted by Gasteiger charge is -2.12. The van der Waals surface area contributed by atoms with E-state index in [0.717, 1.165) is 12.1 Å². The van der Waals surface area contributed by atoms with Gasteiger partial charge in [-0.25, -0.2) is 0 Å². The van der Waals surface area contributed by atoms with E-state index in [1.54, 1.807) is 28.8 Å². The van der Waals surface area contributed by atoms with Gasteiger partial charge in [0.25, 0.3) is 0 Å². The average molecular weight is 346 g/mol. The molecule has 0 saturated carbocycles. The number of nitrogens with zero attached hydrogens (tertiary/aromatic N) is 1. The molecule has 0 fully saturated rings. The Morgan fingerprint density at radius 1 is 1.00 bits per heavy atom. The average Bonchev–Trinajstić information content (AvgIpc) is 2.57. The summed E-state index contributed by atoms with van der Waals surface area (Å²) in [7, 11) is 0. The van der Waals surface area contributed by atoms with Crippen LogP contribution >= 0.6 is 0 Å². The zero-order chi connectivity index (χ0) is 18.0. The van der Waals surface area contributed by atoms with Crippen LogP contribution < -0.4 is 10.7 Å². The molecule has 4 nitrogen and oxygen atoms in total. The molecule has 0 aliphatic rings. The van der Waals surface area contributed by atoms with Crippen molar-refractivity contribution in [1.82, 2.24) is 4.57 Å². The number of hydrogen-bond donors (Lipinski definition) is 1. The molecule has 128 valence electrons. The van der Waals surface area contributed by atoms with Crippen LogP contribution in [0.3, 0.4) is 0 Å². The van der Waals surface area contributed by atoms with Crippen LogP contribution in [0.5, 0.6) is 0 Å². The summed E-state index contributed by atoms with van der Waals surface area (Å²) in [6, 6.07) is 12.5. The number of para-hydroxylation sites is 1. The highest BCUT2D eigenvalue weighted by molar-refractivity contribution is 5.91. The van der Waals surface area contributed by atoms with Crippen LogP contribution in [0.15, 0.2) is 65.6 Å². The number of nitrogens with one attached hydrogen (secondary N) is 1. The quantitative estimate of drug-likeness (QED) is 0.787. The molecule has 1 aromatic heterocycles. The predicted molar refractivity (Wildman–Crippen MR) is 88.3 cm³/mol. The van der Waals surface area contributed by atoms with Gasteiger partial charge in [-0.15, -0.1) is 0 Å². The van der Waals surface area contributed by atoms with Crippen molar-refractivity contribution in [3.05, 3.63) is 76.6 Å². The Morgan fingerprint density at radius 3 is 2.36 bits per heavy atom. The summed E-state index contributed by atoms with van der Waals surface area (Å²) < 4.78 is 39.2. The molecule has 0 aliphatic heterocycles. The van der Waals surface area contributed by atoms with Crippen molar-refractivity contribution in [2.75, 3.05) is 5.32 Å². The van der Waals surface area contributed by atoms with Gasteiger partial charge in [0.05, 0.1) is 11.1 Å². The maximum atomic E-state index is 12.5. The number of pyridine rings is 1. The standard InChI is InChI=1S/C18H13F3N2O2/c19-18(20,21)12-5-7-13(8-6-12)22-17(25)11-23-10-9-16(24)14-3-1-2-4-15(14)23/h1-10H,11H2,(H,22,25). The van der Waals surface area contributed by atoms with Gasteiger partial charge in [-0.3, -0.25) is 9.59 Å². The normalized spacial score (nSPS) is 11.5. The molecule has 3 rings (SSSR count). The minimum atomic E-state index is -4.42. The molecule has 0 aliphatic carbocycles. The number of fused-ring (bicyclic) bond motifs is 1. The monoisotopic (exact) mass is 346 g/mol. The van der Waals surface area contributed by atoms with E-state index in [1.165, 1.54) is 24.4 Å². The Bertz CT molecular complexity index is 976. The van der Waals surface area contributed by atoms with E-state index in [9.17, 15) is 22.8 Å². The Hall–Kier alpha value is -3.09. The lowest BCUT2D eigenvalue weighted by molar-refractivity contribution is -0.137. The van der Waals surface area contributed by atoms with Gasteiger partial charge in [0.2, 0.25) is 5.91 Å². The van der Waals surface area contributed by atoms with Crippen molar-refractivity contribution in [2.24, 2.45) is 0 Å². The molecule has 0 saturated heterocycles. The molecule has 7 heteroatoms. The number of rotatable bonds is 3. The predicted octanol–water partition coefficient (Wildman–Crippen LogP) is 3.66. The van der Waals surface area contributed by atoms with Crippen LogP contribution in [0, 0.1) is 0 Å². The lowest BCUT2D eigenvalue weighted by atomic mass is 10.2. The fourth-order valence-corrected chi connectivity index (χ4v) is 2.50. The Labute approximate surface area is 140 Å². The van der Waals surface area contributed by atoms with Crippen LogP contribution in [-0.4, -0.2) is 10.5 Å². The summed E-state index contributed by atoms with van der Waals surface area (Å²) in [4.78, 5) is 24.0. The number of alkyl halides is 3. The highest BCUT2D eigenvalue weighted by Gasteiger charge is 2.29. The lowest BCUT2D eigenvalue weighted by Crippen LogP contribution is -2.20. The third-order valence-electron chi connectivity index (χ3n) is 3.69. The maximum absolute atomic E-state index is 12.5. The van der Waals surface area contributed by atoms with Crippen molar-refractivity contribution in [1.29, 1.82) is 0 Å². The van der Waals surface area contributed by atoms with Crippen molar-refractivity contribution >= 4 is 22.5 Å². The van der Waals surface area contributed by atoms with Crippen molar-refractivity contribution in [2.45, 2.75) is 12.7 Å². The first-order valence-electron chi connectivity index (χ1n) is 7.40. The van der Waals surface area contributed by atoms with Crippen molar-refractivity contribution in [3.8, 4) is 0 Å². The van der Waals surface area contributed by atoms with Gasteiger partial charge < -0.3 is 9.88 Å². The fraction of sp³-hybridized carbons (Fsp3) is 0.111. The van der Waals surface area contributed by atoms with Gasteiger partial charge in [0.15, 0.2) is 5.43 Å². The molecular weight excluding hydrogens is 333 g/mol. The van der Waals surface area contributed by atoms with Crippen molar-refractivity contribution < 1.29 is 18.0 Å². The maximum Gasteiger partial charge on any atom is 0.416 e. The van der Waals surface area contributed by atoms with E-state index in [1.807, 2.05) is 0 Å². The largest absolute Gasteiger partial charge is 0.416 e. The molecule has 1 amide bonds. The van der Waals surface area contributed by atoms with E-state index in [2.05, 4.69) is 5.32 Å². The van der Waals surface area contributed by atoms with Gasteiger partial charge in [-0.05, 0) is 36.4 Å². The number of benzene rings is 2. The number of aromatic nitrogens is 1. The van der Waals surface area contributed by atoms with E-state index >= 15 is 0 Å². The van der Waals surface area contributed by atoms with E-state index < -0.39 is 17.6 Å². The smallest absolute Gasteiger partial charge is 0.338 e. The second-order valence-electron chi connectivity index (χ2n) is 5.45. The summed E-state index contributed by atoms with van der Waals surface area (Å²) in [5.74, 6) is -0.409. The summed E-state index contributed by atoms with van der Waals surface area (Å²) in [5, 5.41) is 3.04. The molecule has 1 heterocycles. The second kappa shape index (κ2) is 6.43. The second-order valence-corrected chi connectivity index (χ2v) is 5.45. The van der Waals surface area contributed by atoms with Gasteiger partial charge in [-0.2, -0.15) is 13.2 Å². The first-order chi connectivity index (χ1) is 11.8. The molecule has 0 spiro atoms. The van der Waals surface area contributed by atoms with E-state index in [0.29, 0.717) is 10.9 Å². The van der Waals surface area contributed by atoms with Crippen LogP contribution in [-0.2, 0) is 17.5 Å². The zero-order valence-electron chi connectivity index (χ0n) is 12.9. The SMILES string of the molecule is O=C(Cn1ccc(=O)c2ccccc21)Nc1ccc(C(F)(F)F)cc1. The number of carbonyl (C=O) groups excluding carboxylic acids is 1. The highest BCUT2D eigenvalue weighted by Crippen LogP contribution is 2.29. The summed E-state index contributed by atoms with van der Waals surface area (Å²) in [5.41, 5.74) is -0.0483. The molecule has 2 aromatic carbocycles. The minimum absolute atomic E-state index is 0.0676. The summed E-state index contributed by atoms with van der Waals surface area (Å²) in [6.07, 6.45) is -2.91. The molecule has 0 unspecified atom stereocenters. The van der Waals surface area contributed by atoms with Gasteiger partial charge in [0, 0.05) is 23.3 Å². The molecule has 0 atom stereocenters. The molecule has 3 aromatic rings. The first-order valence-corrected chi connectivity index (χ1v) is 7.40. The Morgan fingerprint density at radius 2 is 1.68 bits per heavy atom. The molecular formula is C18H13F3N2O2. The number of anilines is 1. The molecule has 1 N–H and O–H groups in total. The van der Waals surface area contributed by atoms with Gasteiger partial charge >= 0.3 is 6.18 Å². The van der Waals surface area contributed by atoms with Crippen LogP contribution in [0.4, 0.5) is 18.9 Å². The zero-order valence-corrected chi connectivity index (χ0v) is 12.9. The third-order valence-corrected chi connectivity index (χ3v) is 3.69. The van der Waals surface area contributed by atoms with Crippen molar-refractivity contribution in [3.63, 3.8) is 0 Å². The third kappa shape index (κ3) is 3.71. The number of hydrogen-bond acceptors (Lipinski definition) is 2. The Balaban J connectivity index is 1.77. The summed E-state index contributed by atoms with van der Waals surface area (Å²) in [6.45, 7) is -0.0676. The highest BCUT2D eigenvalue weighted by atomic mass is 19.4. The van der Waals surface area contributed by atoms with E-state index in [4.69, 9.17) is 0 Å². The van der Waals surface area contributed by atoms with E-state index in [-0.39, 0.29) is 17.7 Å². The minimum Gasteiger partial charge on any atom is -0.338 e. The molecule has 0 radical (unpaired) electrons. The number of halogens is 3.